The number of hydrogen-bond acceptors (Lipinski definition) is 5. The van der Waals surface area contributed by atoms with Crippen molar-refractivity contribution in [3.8, 4) is 0 Å². The van der Waals surface area contributed by atoms with Gasteiger partial charge in [-0.05, 0) is 30.6 Å². The van der Waals surface area contributed by atoms with Crippen LogP contribution in [0.4, 0.5) is 0 Å². The van der Waals surface area contributed by atoms with Crippen molar-refractivity contribution in [1.82, 2.24) is 10.3 Å². The van der Waals surface area contributed by atoms with Crippen molar-refractivity contribution >= 4 is 23.6 Å². The zero-order valence-electron chi connectivity index (χ0n) is 10.4. The van der Waals surface area contributed by atoms with E-state index < -0.39 is 12.0 Å². The lowest BCUT2D eigenvalue weighted by molar-refractivity contribution is -0.142. The summed E-state index contributed by atoms with van der Waals surface area (Å²) < 4.78 is 4.66. The molecule has 1 aromatic heterocycles. The Hall–Kier alpha value is -1.56. The number of rotatable bonds is 6. The first-order chi connectivity index (χ1) is 8.69. The Balaban J connectivity index is 2.65. The van der Waals surface area contributed by atoms with E-state index in [2.05, 4.69) is 15.0 Å². The molecule has 18 heavy (non-hydrogen) atoms. The highest BCUT2D eigenvalue weighted by atomic mass is 32.2. The molecule has 1 atom stereocenters. The predicted octanol–water partition coefficient (Wildman–Crippen LogP) is 1.11. The topological polar surface area (TPSA) is 68.3 Å². The molecule has 0 saturated heterocycles. The van der Waals surface area contributed by atoms with Crippen LogP contribution in [0.3, 0.4) is 0 Å². The standard InChI is InChI=1S/C12H16N2O3S/c1-17-12(16)10(6-8-18-2)14-11(15)9-5-3-4-7-13-9/h3-5,7,10H,6,8H2,1-2H3,(H,14,15)/t10-/m1/s1. The molecule has 0 bridgehead atoms. The number of hydrogen-bond donors (Lipinski definition) is 1. The third kappa shape index (κ3) is 4.37. The molecule has 0 radical (unpaired) electrons. The Morgan fingerprint density at radius 2 is 2.28 bits per heavy atom. The van der Waals surface area contributed by atoms with E-state index in [0.29, 0.717) is 6.42 Å². The Labute approximate surface area is 110 Å². The summed E-state index contributed by atoms with van der Waals surface area (Å²) in [6.07, 6.45) is 4.01. The van der Waals surface area contributed by atoms with E-state index in [9.17, 15) is 9.59 Å². The summed E-state index contributed by atoms with van der Waals surface area (Å²) in [6, 6.07) is 4.41. The maximum atomic E-state index is 11.9. The molecule has 1 heterocycles. The number of nitrogens with zero attached hydrogens (tertiary/aromatic N) is 1. The van der Waals surface area contributed by atoms with Gasteiger partial charge in [-0.2, -0.15) is 11.8 Å². The zero-order valence-corrected chi connectivity index (χ0v) is 11.2. The quantitative estimate of drug-likeness (QED) is 0.783. The van der Waals surface area contributed by atoms with Crippen LogP contribution in [-0.2, 0) is 9.53 Å². The van der Waals surface area contributed by atoms with Gasteiger partial charge < -0.3 is 10.1 Å². The van der Waals surface area contributed by atoms with Gasteiger partial charge in [-0.15, -0.1) is 0 Å². The molecule has 0 spiro atoms. The van der Waals surface area contributed by atoms with Crippen LogP contribution in [0.25, 0.3) is 0 Å². The van der Waals surface area contributed by atoms with Crippen molar-refractivity contribution in [2.45, 2.75) is 12.5 Å². The molecule has 0 aromatic carbocycles. The predicted molar refractivity (Wildman–Crippen MR) is 70.5 cm³/mol. The van der Waals surface area contributed by atoms with Crippen molar-refractivity contribution in [1.29, 1.82) is 0 Å². The minimum atomic E-state index is -0.628. The van der Waals surface area contributed by atoms with Gasteiger partial charge in [-0.1, -0.05) is 6.07 Å². The second kappa shape index (κ2) is 7.71. The third-order valence-corrected chi connectivity index (χ3v) is 2.94. The lowest BCUT2D eigenvalue weighted by Crippen LogP contribution is -2.42. The second-order valence-corrected chi connectivity index (χ2v) is 4.53. The Kier molecular flexibility index (Phi) is 6.21. The number of amides is 1. The Bertz CT molecular complexity index is 398. The van der Waals surface area contributed by atoms with Gasteiger partial charge in [-0.25, -0.2) is 4.79 Å². The lowest BCUT2D eigenvalue weighted by Gasteiger charge is -2.15. The van der Waals surface area contributed by atoms with Gasteiger partial charge in [0, 0.05) is 6.20 Å². The van der Waals surface area contributed by atoms with Gasteiger partial charge >= 0.3 is 5.97 Å². The number of nitrogens with one attached hydrogen (secondary N) is 1. The van der Waals surface area contributed by atoms with Crippen molar-refractivity contribution < 1.29 is 14.3 Å². The first-order valence-corrected chi connectivity index (χ1v) is 6.87. The molecular formula is C12H16N2O3S. The van der Waals surface area contributed by atoms with E-state index in [1.807, 2.05) is 6.26 Å². The summed E-state index contributed by atoms with van der Waals surface area (Å²) in [5.74, 6) is -0.0390. The van der Waals surface area contributed by atoms with E-state index in [0.717, 1.165) is 5.75 Å². The van der Waals surface area contributed by atoms with Crippen LogP contribution in [0, 0.1) is 0 Å². The van der Waals surface area contributed by atoms with Gasteiger partial charge in [0.1, 0.15) is 11.7 Å². The number of thioether (sulfide) groups is 1. The van der Waals surface area contributed by atoms with Crippen LogP contribution in [0.2, 0.25) is 0 Å². The molecule has 6 heteroatoms. The molecule has 1 rings (SSSR count). The largest absolute Gasteiger partial charge is 0.467 e. The number of carbonyl (C=O) groups excluding carboxylic acids is 2. The number of pyridine rings is 1. The highest BCUT2D eigenvalue weighted by molar-refractivity contribution is 7.98. The van der Waals surface area contributed by atoms with E-state index >= 15 is 0 Å². The highest BCUT2D eigenvalue weighted by Gasteiger charge is 2.21. The molecule has 0 fully saturated rings. The molecular weight excluding hydrogens is 252 g/mol. The number of ether oxygens (including phenoxy) is 1. The average molecular weight is 268 g/mol. The maximum absolute atomic E-state index is 11.9. The summed E-state index contributed by atoms with van der Waals surface area (Å²) in [5, 5.41) is 2.63. The molecule has 1 N–H and O–H groups in total. The fraction of sp³-hybridized carbons (Fsp3) is 0.417. The van der Waals surface area contributed by atoms with Crippen LogP contribution in [0.15, 0.2) is 24.4 Å². The zero-order chi connectivity index (χ0) is 13.4. The van der Waals surface area contributed by atoms with Crippen LogP contribution < -0.4 is 5.32 Å². The number of carbonyl (C=O) groups is 2. The summed E-state index contributed by atoms with van der Waals surface area (Å²) >= 11 is 1.61. The normalized spacial score (nSPS) is 11.7. The third-order valence-electron chi connectivity index (χ3n) is 2.30. The number of esters is 1. The molecule has 1 amide bonds. The first kappa shape index (κ1) is 14.5. The van der Waals surface area contributed by atoms with Crippen molar-refractivity contribution in [3.63, 3.8) is 0 Å². The molecule has 98 valence electrons. The summed E-state index contributed by atoms with van der Waals surface area (Å²) in [4.78, 5) is 27.3. The highest BCUT2D eigenvalue weighted by Crippen LogP contribution is 2.04. The van der Waals surface area contributed by atoms with E-state index in [1.54, 1.807) is 30.0 Å². The molecule has 5 nitrogen and oxygen atoms in total. The van der Waals surface area contributed by atoms with Crippen LogP contribution in [-0.4, -0.2) is 42.0 Å². The first-order valence-electron chi connectivity index (χ1n) is 5.47. The second-order valence-electron chi connectivity index (χ2n) is 3.55. The molecule has 0 unspecified atom stereocenters. The molecule has 0 aliphatic heterocycles. The molecule has 0 aliphatic rings. The van der Waals surface area contributed by atoms with E-state index in [-0.39, 0.29) is 11.6 Å². The summed E-state index contributed by atoms with van der Waals surface area (Å²) in [6.45, 7) is 0. The monoisotopic (exact) mass is 268 g/mol. The van der Waals surface area contributed by atoms with Gasteiger partial charge in [0.2, 0.25) is 0 Å². The number of methoxy groups -OCH3 is 1. The summed E-state index contributed by atoms with van der Waals surface area (Å²) in [7, 11) is 1.31. The molecule has 0 saturated carbocycles. The smallest absolute Gasteiger partial charge is 0.328 e. The minimum Gasteiger partial charge on any atom is -0.467 e. The Morgan fingerprint density at radius 3 is 2.83 bits per heavy atom. The lowest BCUT2D eigenvalue weighted by atomic mass is 10.2. The number of aromatic nitrogens is 1. The molecule has 0 aliphatic carbocycles. The molecule has 1 aromatic rings. The Morgan fingerprint density at radius 1 is 1.50 bits per heavy atom. The SMILES string of the molecule is COC(=O)[C@@H](CCSC)NC(=O)c1ccccn1. The van der Waals surface area contributed by atoms with Crippen LogP contribution >= 0.6 is 11.8 Å². The van der Waals surface area contributed by atoms with Crippen molar-refractivity contribution in [2.24, 2.45) is 0 Å². The van der Waals surface area contributed by atoms with Crippen molar-refractivity contribution in [3.05, 3.63) is 30.1 Å². The summed E-state index contributed by atoms with van der Waals surface area (Å²) in [5.41, 5.74) is 0.288. The van der Waals surface area contributed by atoms with Gasteiger partial charge in [0.25, 0.3) is 5.91 Å². The minimum absolute atomic E-state index is 0.288. The van der Waals surface area contributed by atoms with E-state index in [4.69, 9.17) is 0 Å². The average Bonchev–Trinajstić information content (AvgIpc) is 2.43. The van der Waals surface area contributed by atoms with Gasteiger partial charge in [0.05, 0.1) is 7.11 Å². The van der Waals surface area contributed by atoms with Crippen LogP contribution in [0.5, 0.6) is 0 Å². The van der Waals surface area contributed by atoms with Gasteiger partial charge in [-0.3, -0.25) is 9.78 Å². The fourth-order valence-electron chi connectivity index (χ4n) is 1.36. The maximum Gasteiger partial charge on any atom is 0.328 e. The van der Waals surface area contributed by atoms with Crippen molar-refractivity contribution in [2.75, 3.05) is 19.1 Å². The van der Waals surface area contributed by atoms with Crippen LogP contribution in [0.1, 0.15) is 16.9 Å². The fourth-order valence-corrected chi connectivity index (χ4v) is 1.83. The van der Waals surface area contributed by atoms with E-state index in [1.165, 1.54) is 13.3 Å². The van der Waals surface area contributed by atoms with Gasteiger partial charge in [0.15, 0.2) is 0 Å².